The van der Waals surface area contributed by atoms with Crippen LogP contribution < -0.4 is 0 Å². The summed E-state index contributed by atoms with van der Waals surface area (Å²) < 4.78 is 64.7. The highest BCUT2D eigenvalue weighted by Crippen LogP contribution is 2.48. The Labute approximate surface area is 171 Å². The maximum atomic E-state index is 14.9. The Hall–Kier alpha value is -1.36. The summed E-state index contributed by atoms with van der Waals surface area (Å²) in [5.41, 5.74) is 0.411. The largest absolute Gasteiger partial charge is 0.378 e. The van der Waals surface area contributed by atoms with Crippen LogP contribution in [0.4, 0.5) is 17.6 Å². The summed E-state index contributed by atoms with van der Waals surface area (Å²) in [5, 5.41) is 0. The third-order valence-electron chi connectivity index (χ3n) is 6.74. The standard InChI is InChI=1S/C24H32F4O/c1-3-5-6-7-18-10-8-16(14-24(18,27)28)20-12-13-21(23(26)22(20)25)17-9-11-19(4-2)29-15-17/h3,5,12-13,16-19H,4,6-11,14-15H2,1-2H3/b5-3+. The lowest BCUT2D eigenvalue weighted by molar-refractivity contribution is -0.0943. The van der Waals surface area contributed by atoms with Crippen LogP contribution in [-0.4, -0.2) is 18.6 Å². The average molecular weight is 413 g/mol. The number of benzene rings is 1. The van der Waals surface area contributed by atoms with Gasteiger partial charge in [0, 0.05) is 18.3 Å². The van der Waals surface area contributed by atoms with Gasteiger partial charge in [0.25, 0.3) is 5.92 Å². The minimum absolute atomic E-state index is 0.0981. The molecule has 29 heavy (non-hydrogen) atoms. The van der Waals surface area contributed by atoms with Gasteiger partial charge in [-0.25, -0.2) is 17.6 Å². The topological polar surface area (TPSA) is 9.23 Å². The first-order valence-corrected chi connectivity index (χ1v) is 11.0. The molecule has 0 N–H and O–H groups in total. The maximum Gasteiger partial charge on any atom is 0.251 e. The summed E-state index contributed by atoms with van der Waals surface area (Å²) in [6.45, 7) is 4.30. The van der Waals surface area contributed by atoms with Gasteiger partial charge in [0.05, 0.1) is 12.7 Å². The molecule has 0 bridgehead atoms. The quantitative estimate of drug-likeness (QED) is 0.347. The zero-order valence-corrected chi connectivity index (χ0v) is 17.4. The van der Waals surface area contributed by atoms with E-state index in [1.54, 1.807) is 6.07 Å². The van der Waals surface area contributed by atoms with Gasteiger partial charge in [-0.15, -0.1) is 0 Å². The van der Waals surface area contributed by atoms with Crippen molar-refractivity contribution in [3.63, 3.8) is 0 Å². The number of hydrogen-bond donors (Lipinski definition) is 0. The minimum Gasteiger partial charge on any atom is -0.378 e. The SMILES string of the molecule is C/C=C/CCC1CCC(c2ccc(C3CCC(CC)OC3)c(F)c2F)CC1(F)F. The van der Waals surface area contributed by atoms with Crippen LogP contribution in [0.5, 0.6) is 0 Å². The summed E-state index contributed by atoms with van der Waals surface area (Å²) in [7, 11) is 0. The Kier molecular flexibility index (Phi) is 7.42. The highest BCUT2D eigenvalue weighted by molar-refractivity contribution is 5.32. The van der Waals surface area contributed by atoms with Crippen molar-refractivity contribution in [2.24, 2.45) is 5.92 Å². The van der Waals surface area contributed by atoms with Crippen LogP contribution in [0.3, 0.4) is 0 Å². The fraction of sp³-hybridized carbons (Fsp3) is 0.667. The fourth-order valence-electron chi connectivity index (χ4n) is 4.88. The molecule has 162 valence electrons. The zero-order valence-electron chi connectivity index (χ0n) is 17.4. The molecule has 4 atom stereocenters. The Morgan fingerprint density at radius 2 is 1.69 bits per heavy atom. The van der Waals surface area contributed by atoms with E-state index in [2.05, 4.69) is 0 Å². The number of rotatable bonds is 6. The number of hydrogen-bond acceptors (Lipinski definition) is 1. The monoisotopic (exact) mass is 412 g/mol. The van der Waals surface area contributed by atoms with Crippen LogP contribution in [0.15, 0.2) is 24.3 Å². The van der Waals surface area contributed by atoms with Crippen LogP contribution in [0.2, 0.25) is 0 Å². The molecule has 0 aromatic heterocycles. The highest BCUT2D eigenvalue weighted by atomic mass is 19.3. The molecular formula is C24H32F4O. The Morgan fingerprint density at radius 1 is 1.03 bits per heavy atom. The fourth-order valence-corrected chi connectivity index (χ4v) is 4.88. The molecule has 0 radical (unpaired) electrons. The number of halogens is 4. The molecule has 4 unspecified atom stereocenters. The molecule has 3 rings (SSSR count). The summed E-state index contributed by atoms with van der Waals surface area (Å²) in [6, 6.07) is 3.12. The van der Waals surface area contributed by atoms with Gasteiger partial charge < -0.3 is 4.74 Å². The number of ether oxygens (including phenoxy) is 1. The lowest BCUT2D eigenvalue weighted by atomic mass is 9.74. The molecule has 1 aliphatic carbocycles. The Balaban J connectivity index is 1.71. The van der Waals surface area contributed by atoms with Gasteiger partial charge in [0.1, 0.15) is 0 Å². The van der Waals surface area contributed by atoms with Crippen molar-refractivity contribution in [1.82, 2.24) is 0 Å². The second kappa shape index (κ2) is 9.63. The van der Waals surface area contributed by atoms with E-state index in [9.17, 15) is 17.6 Å². The molecular weight excluding hydrogens is 380 g/mol. The van der Waals surface area contributed by atoms with Crippen molar-refractivity contribution >= 4 is 0 Å². The highest BCUT2D eigenvalue weighted by Gasteiger charge is 2.45. The van der Waals surface area contributed by atoms with Gasteiger partial charge >= 0.3 is 0 Å². The molecule has 1 saturated carbocycles. The first kappa shape index (κ1) is 22.3. The molecule has 0 spiro atoms. The normalized spacial score (nSPS) is 30.0. The van der Waals surface area contributed by atoms with E-state index in [1.165, 1.54) is 6.07 Å². The molecule has 1 nitrogen and oxygen atoms in total. The third-order valence-corrected chi connectivity index (χ3v) is 6.74. The van der Waals surface area contributed by atoms with E-state index < -0.39 is 35.8 Å². The maximum absolute atomic E-state index is 14.9. The first-order chi connectivity index (χ1) is 13.9. The van der Waals surface area contributed by atoms with Gasteiger partial charge in [0.15, 0.2) is 11.6 Å². The van der Waals surface area contributed by atoms with Crippen molar-refractivity contribution in [3.05, 3.63) is 47.0 Å². The van der Waals surface area contributed by atoms with E-state index in [1.807, 2.05) is 26.0 Å². The number of allylic oxidation sites excluding steroid dienone is 2. The van der Waals surface area contributed by atoms with Crippen molar-refractivity contribution < 1.29 is 22.3 Å². The summed E-state index contributed by atoms with van der Waals surface area (Å²) in [6.07, 6.45) is 7.89. The molecule has 5 heteroatoms. The van der Waals surface area contributed by atoms with Gasteiger partial charge in [-0.3, -0.25) is 0 Å². The lowest BCUT2D eigenvalue weighted by Gasteiger charge is -2.36. The predicted molar refractivity (Wildman–Crippen MR) is 107 cm³/mol. The second-order valence-electron chi connectivity index (χ2n) is 8.59. The van der Waals surface area contributed by atoms with Crippen LogP contribution in [0, 0.1) is 17.6 Å². The average Bonchev–Trinajstić information content (AvgIpc) is 2.71. The summed E-state index contributed by atoms with van der Waals surface area (Å²) in [4.78, 5) is 0. The number of alkyl halides is 2. The lowest BCUT2D eigenvalue weighted by Crippen LogP contribution is -2.35. The van der Waals surface area contributed by atoms with Crippen LogP contribution in [0.25, 0.3) is 0 Å². The van der Waals surface area contributed by atoms with Gasteiger partial charge in [-0.2, -0.15) is 0 Å². The molecule has 1 aromatic carbocycles. The van der Waals surface area contributed by atoms with E-state index in [-0.39, 0.29) is 17.6 Å². The Morgan fingerprint density at radius 3 is 2.24 bits per heavy atom. The van der Waals surface area contributed by atoms with Crippen LogP contribution in [-0.2, 0) is 4.74 Å². The molecule has 2 aliphatic rings. The van der Waals surface area contributed by atoms with Gasteiger partial charge in [-0.1, -0.05) is 31.2 Å². The van der Waals surface area contributed by atoms with Gasteiger partial charge in [0.2, 0.25) is 0 Å². The van der Waals surface area contributed by atoms with Crippen molar-refractivity contribution in [1.29, 1.82) is 0 Å². The van der Waals surface area contributed by atoms with E-state index >= 15 is 0 Å². The molecule has 1 aromatic rings. The van der Waals surface area contributed by atoms with Crippen LogP contribution in [0.1, 0.15) is 88.2 Å². The van der Waals surface area contributed by atoms with Gasteiger partial charge in [-0.05, 0) is 68.9 Å². The van der Waals surface area contributed by atoms with E-state index in [0.717, 1.165) is 19.3 Å². The summed E-state index contributed by atoms with van der Waals surface area (Å²) >= 11 is 0. The minimum atomic E-state index is -2.85. The Bertz CT molecular complexity index is 707. The van der Waals surface area contributed by atoms with E-state index in [4.69, 9.17) is 4.74 Å². The van der Waals surface area contributed by atoms with Crippen molar-refractivity contribution in [3.8, 4) is 0 Å². The molecule has 1 heterocycles. The van der Waals surface area contributed by atoms with E-state index in [0.29, 0.717) is 37.9 Å². The molecule has 1 aliphatic heterocycles. The van der Waals surface area contributed by atoms with Crippen molar-refractivity contribution in [2.45, 2.75) is 89.1 Å². The van der Waals surface area contributed by atoms with Crippen LogP contribution >= 0.6 is 0 Å². The second-order valence-corrected chi connectivity index (χ2v) is 8.59. The predicted octanol–water partition coefficient (Wildman–Crippen LogP) is 7.51. The first-order valence-electron chi connectivity index (χ1n) is 11.0. The molecule has 2 fully saturated rings. The molecule has 1 saturated heterocycles. The zero-order chi connectivity index (χ0) is 21.0. The summed E-state index contributed by atoms with van der Waals surface area (Å²) in [5.74, 6) is -6.19. The third kappa shape index (κ3) is 5.04. The smallest absolute Gasteiger partial charge is 0.251 e. The molecule has 0 amide bonds. The van der Waals surface area contributed by atoms with Crippen molar-refractivity contribution in [2.75, 3.05) is 6.61 Å².